The van der Waals surface area contributed by atoms with Crippen molar-refractivity contribution in [3.8, 4) is 5.75 Å². The standard InChI is InChI=1S/C16H16BrNO2/c1-11-7-12(9-13(17)8-11)16(19)18(2)14-5-4-6-15(10-14)20-3/h4-10H,1-3H3. The van der Waals surface area contributed by atoms with E-state index in [4.69, 9.17) is 4.74 Å². The van der Waals surface area contributed by atoms with Crippen molar-refractivity contribution >= 4 is 27.5 Å². The maximum atomic E-state index is 12.5. The first kappa shape index (κ1) is 14.6. The lowest BCUT2D eigenvalue weighted by Gasteiger charge is -2.18. The van der Waals surface area contributed by atoms with E-state index >= 15 is 0 Å². The zero-order chi connectivity index (χ0) is 14.7. The molecule has 1 amide bonds. The molecule has 0 aromatic heterocycles. The van der Waals surface area contributed by atoms with Crippen molar-refractivity contribution in [2.75, 3.05) is 19.1 Å². The van der Waals surface area contributed by atoms with Crippen molar-refractivity contribution < 1.29 is 9.53 Å². The van der Waals surface area contributed by atoms with Crippen LogP contribution in [0.4, 0.5) is 5.69 Å². The van der Waals surface area contributed by atoms with Gasteiger partial charge in [0.2, 0.25) is 0 Å². The number of hydrogen-bond acceptors (Lipinski definition) is 2. The van der Waals surface area contributed by atoms with Crippen LogP contribution in [0.3, 0.4) is 0 Å². The minimum Gasteiger partial charge on any atom is -0.497 e. The SMILES string of the molecule is COc1cccc(N(C)C(=O)c2cc(C)cc(Br)c2)c1. The molecule has 104 valence electrons. The van der Waals surface area contributed by atoms with Gasteiger partial charge in [-0.2, -0.15) is 0 Å². The Labute approximate surface area is 127 Å². The van der Waals surface area contributed by atoms with Gasteiger partial charge in [0.25, 0.3) is 5.91 Å². The number of amides is 1. The van der Waals surface area contributed by atoms with Crippen LogP contribution >= 0.6 is 15.9 Å². The van der Waals surface area contributed by atoms with Crippen molar-refractivity contribution in [1.82, 2.24) is 0 Å². The topological polar surface area (TPSA) is 29.5 Å². The Kier molecular flexibility index (Phi) is 4.45. The molecule has 0 radical (unpaired) electrons. The molecule has 0 atom stereocenters. The first-order chi connectivity index (χ1) is 9.51. The van der Waals surface area contributed by atoms with Crippen LogP contribution in [0.2, 0.25) is 0 Å². The van der Waals surface area contributed by atoms with E-state index in [9.17, 15) is 4.79 Å². The third kappa shape index (κ3) is 3.20. The quantitative estimate of drug-likeness (QED) is 0.848. The van der Waals surface area contributed by atoms with Crippen LogP contribution in [0.1, 0.15) is 15.9 Å². The number of rotatable bonds is 3. The van der Waals surface area contributed by atoms with E-state index in [-0.39, 0.29) is 5.91 Å². The lowest BCUT2D eigenvalue weighted by atomic mass is 10.1. The Morgan fingerprint density at radius 2 is 1.95 bits per heavy atom. The summed E-state index contributed by atoms with van der Waals surface area (Å²) in [5.74, 6) is 0.676. The summed E-state index contributed by atoms with van der Waals surface area (Å²) in [4.78, 5) is 14.1. The lowest BCUT2D eigenvalue weighted by Crippen LogP contribution is -2.26. The Bertz CT molecular complexity index is 620. The van der Waals surface area contributed by atoms with Gasteiger partial charge in [-0.1, -0.05) is 22.0 Å². The molecule has 0 fully saturated rings. The van der Waals surface area contributed by atoms with Crippen molar-refractivity contribution in [3.63, 3.8) is 0 Å². The summed E-state index contributed by atoms with van der Waals surface area (Å²) in [6.07, 6.45) is 0. The first-order valence-corrected chi connectivity index (χ1v) is 7.00. The molecule has 0 saturated carbocycles. The summed E-state index contributed by atoms with van der Waals surface area (Å²) in [7, 11) is 3.37. The fraction of sp³-hybridized carbons (Fsp3) is 0.188. The van der Waals surface area contributed by atoms with Gasteiger partial charge in [0.05, 0.1) is 7.11 Å². The van der Waals surface area contributed by atoms with Gasteiger partial charge in [-0.3, -0.25) is 4.79 Å². The van der Waals surface area contributed by atoms with Gasteiger partial charge in [-0.25, -0.2) is 0 Å². The minimum absolute atomic E-state index is 0.0531. The number of aryl methyl sites for hydroxylation is 1. The highest BCUT2D eigenvalue weighted by molar-refractivity contribution is 9.10. The number of halogens is 1. The largest absolute Gasteiger partial charge is 0.497 e. The van der Waals surface area contributed by atoms with Crippen molar-refractivity contribution in [2.45, 2.75) is 6.92 Å². The second-order valence-corrected chi connectivity index (χ2v) is 5.50. The Hall–Kier alpha value is -1.81. The molecule has 0 unspecified atom stereocenters. The number of carbonyl (C=O) groups excluding carboxylic acids is 1. The normalized spacial score (nSPS) is 10.2. The van der Waals surface area contributed by atoms with Gasteiger partial charge in [0.15, 0.2) is 0 Å². The summed E-state index contributed by atoms with van der Waals surface area (Å²) in [6.45, 7) is 1.97. The van der Waals surface area contributed by atoms with Gasteiger partial charge in [-0.05, 0) is 42.8 Å². The fourth-order valence-corrected chi connectivity index (χ4v) is 2.60. The van der Waals surface area contributed by atoms with E-state index in [1.807, 2.05) is 49.4 Å². The molecular weight excluding hydrogens is 318 g/mol. The Morgan fingerprint density at radius 3 is 2.60 bits per heavy atom. The molecule has 0 saturated heterocycles. The molecular formula is C16H16BrNO2. The third-order valence-corrected chi connectivity index (χ3v) is 3.49. The predicted octanol–water partition coefficient (Wildman–Crippen LogP) is 4.04. The van der Waals surface area contributed by atoms with Crippen molar-refractivity contribution in [1.29, 1.82) is 0 Å². The highest BCUT2D eigenvalue weighted by atomic mass is 79.9. The minimum atomic E-state index is -0.0531. The zero-order valence-electron chi connectivity index (χ0n) is 11.7. The van der Waals surface area contributed by atoms with E-state index in [0.717, 1.165) is 21.5 Å². The molecule has 0 N–H and O–H groups in total. The maximum absolute atomic E-state index is 12.5. The number of methoxy groups -OCH3 is 1. The van der Waals surface area contributed by atoms with Gasteiger partial charge in [0, 0.05) is 28.8 Å². The van der Waals surface area contributed by atoms with E-state index in [1.165, 1.54) is 0 Å². The van der Waals surface area contributed by atoms with Crippen molar-refractivity contribution in [2.24, 2.45) is 0 Å². The molecule has 0 bridgehead atoms. The molecule has 0 aliphatic heterocycles. The molecule has 0 spiro atoms. The number of ether oxygens (including phenoxy) is 1. The van der Waals surface area contributed by atoms with E-state index < -0.39 is 0 Å². The monoisotopic (exact) mass is 333 g/mol. The Balaban J connectivity index is 2.31. The summed E-state index contributed by atoms with van der Waals surface area (Å²) in [6, 6.07) is 13.1. The first-order valence-electron chi connectivity index (χ1n) is 6.20. The Morgan fingerprint density at radius 1 is 1.20 bits per heavy atom. The van der Waals surface area contributed by atoms with Crippen molar-refractivity contribution in [3.05, 3.63) is 58.1 Å². The second-order valence-electron chi connectivity index (χ2n) is 4.58. The van der Waals surface area contributed by atoms with Crippen LogP contribution in [0.25, 0.3) is 0 Å². The molecule has 2 aromatic rings. The summed E-state index contributed by atoms with van der Waals surface area (Å²) in [5, 5.41) is 0. The van der Waals surface area contributed by atoms with Crippen LogP contribution in [-0.2, 0) is 0 Å². The van der Waals surface area contributed by atoms with Gasteiger partial charge < -0.3 is 9.64 Å². The molecule has 2 rings (SSSR count). The molecule has 0 heterocycles. The molecule has 4 heteroatoms. The fourth-order valence-electron chi connectivity index (χ4n) is 1.99. The van der Waals surface area contributed by atoms with E-state index in [1.54, 1.807) is 19.1 Å². The van der Waals surface area contributed by atoms with E-state index in [2.05, 4.69) is 15.9 Å². The number of hydrogen-bond donors (Lipinski definition) is 0. The van der Waals surface area contributed by atoms with Crippen LogP contribution in [-0.4, -0.2) is 20.1 Å². The highest BCUT2D eigenvalue weighted by Gasteiger charge is 2.14. The molecule has 2 aromatic carbocycles. The number of nitrogens with zero attached hydrogens (tertiary/aromatic N) is 1. The number of benzene rings is 2. The van der Waals surface area contributed by atoms with Crippen LogP contribution < -0.4 is 9.64 Å². The van der Waals surface area contributed by atoms with Gasteiger partial charge in [-0.15, -0.1) is 0 Å². The predicted molar refractivity (Wildman–Crippen MR) is 84.6 cm³/mol. The van der Waals surface area contributed by atoms with Crippen LogP contribution in [0.15, 0.2) is 46.9 Å². The number of carbonyl (C=O) groups is 1. The summed E-state index contributed by atoms with van der Waals surface area (Å²) in [5.41, 5.74) is 2.50. The highest BCUT2D eigenvalue weighted by Crippen LogP contribution is 2.23. The molecule has 0 aliphatic carbocycles. The molecule has 3 nitrogen and oxygen atoms in total. The molecule has 20 heavy (non-hydrogen) atoms. The van der Waals surface area contributed by atoms with E-state index in [0.29, 0.717) is 5.56 Å². The summed E-state index contributed by atoms with van der Waals surface area (Å²) >= 11 is 3.42. The maximum Gasteiger partial charge on any atom is 0.258 e. The zero-order valence-corrected chi connectivity index (χ0v) is 13.3. The summed E-state index contributed by atoms with van der Waals surface area (Å²) < 4.78 is 6.09. The smallest absolute Gasteiger partial charge is 0.258 e. The third-order valence-electron chi connectivity index (χ3n) is 3.03. The van der Waals surface area contributed by atoms with Crippen LogP contribution in [0.5, 0.6) is 5.75 Å². The average Bonchev–Trinajstić information content (AvgIpc) is 2.44. The average molecular weight is 334 g/mol. The van der Waals surface area contributed by atoms with Gasteiger partial charge in [0.1, 0.15) is 5.75 Å². The second kappa shape index (κ2) is 6.09. The number of anilines is 1. The molecule has 0 aliphatic rings. The lowest BCUT2D eigenvalue weighted by molar-refractivity contribution is 0.0993. The van der Waals surface area contributed by atoms with Crippen LogP contribution in [0, 0.1) is 6.92 Å². The van der Waals surface area contributed by atoms with Gasteiger partial charge >= 0.3 is 0 Å².